The van der Waals surface area contributed by atoms with Crippen LogP contribution in [0, 0.1) is 5.92 Å². The number of primary amides is 1. The van der Waals surface area contributed by atoms with Crippen molar-refractivity contribution in [3.05, 3.63) is 0 Å². The molecule has 1 heterocycles. The first-order valence-corrected chi connectivity index (χ1v) is 3.78. The Bertz CT molecular complexity index is 124. The molecule has 0 unspecified atom stereocenters. The number of rotatable bonds is 2. The molecule has 4 heteroatoms. The van der Waals surface area contributed by atoms with Crippen molar-refractivity contribution >= 4 is 18.3 Å². The molecule has 0 aromatic heterocycles. The molecular weight excluding hydrogens is 164 g/mol. The van der Waals surface area contributed by atoms with Crippen LogP contribution >= 0.6 is 12.4 Å². The zero-order valence-corrected chi connectivity index (χ0v) is 7.32. The maximum atomic E-state index is 10.5. The summed E-state index contributed by atoms with van der Waals surface area (Å²) in [5.41, 5.74) is 5.06. The monoisotopic (exact) mass is 178 g/mol. The Morgan fingerprint density at radius 2 is 2.00 bits per heavy atom. The summed E-state index contributed by atoms with van der Waals surface area (Å²) < 4.78 is 0. The summed E-state index contributed by atoms with van der Waals surface area (Å²) in [6.45, 7) is 2.08. The molecule has 0 atom stereocenters. The second kappa shape index (κ2) is 5.38. The van der Waals surface area contributed by atoms with Crippen molar-refractivity contribution in [1.29, 1.82) is 0 Å². The molecule has 0 aliphatic carbocycles. The fraction of sp³-hybridized carbons (Fsp3) is 0.857. The largest absolute Gasteiger partial charge is 0.370 e. The van der Waals surface area contributed by atoms with Gasteiger partial charge in [-0.05, 0) is 31.8 Å². The van der Waals surface area contributed by atoms with Gasteiger partial charge in [0.25, 0.3) is 0 Å². The number of nitrogens with two attached hydrogens (primary N) is 1. The topological polar surface area (TPSA) is 55.1 Å². The standard InChI is InChI=1S/C7H14N2O.ClH/c8-7(10)5-6-1-3-9-4-2-6;/h6,9H,1-5H2,(H2,8,10);1H. The summed E-state index contributed by atoms with van der Waals surface area (Å²) in [6, 6.07) is 0. The minimum Gasteiger partial charge on any atom is -0.370 e. The molecule has 1 rings (SSSR count). The molecule has 1 fully saturated rings. The van der Waals surface area contributed by atoms with E-state index >= 15 is 0 Å². The minimum absolute atomic E-state index is 0. The summed E-state index contributed by atoms with van der Waals surface area (Å²) in [4.78, 5) is 10.5. The van der Waals surface area contributed by atoms with Crippen molar-refractivity contribution < 1.29 is 4.79 Å². The maximum absolute atomic E-state index is 10.5. The maximum Gasteiger partial charge on any atom is 0.217 e. The van der Waals surface area contributed by atoms with Gasteiger partial charge in [0.1, 0.15) is 0 Å². The lowest BCUT2D eigenvalue weighted by atomic mass is 9.95. The first-order chi connectivity index (χ1) is 4.79. The molecule has 3 nitrogen and oxygen atoms in total. The summed E-state index contributed by atoms with van der Waals surface area (Å²) in [5.74, 6) is 0.380. The predicted molar refractivity (Wildman–Crippen MR) is 46.7 cm³/mol. The lowest BCUT2D eigenvalue weighted by Gasteiger charge is -2.20. The second-order valence-electron chi connectivity index (χ2n) is 2.86. The average Bonchev–Trinajstić information content (AvgIpc) is 1.88. The van der Waals surface area contributed by atoms with E-state index in [1.807, 2.05) is 0 Å². The summed E-state index contributed by atoms with van der Waals surface area (Å²) in [7, 11) is 0. The Hall–Kier alpha value is -0.280. The Balaban J connectivity index is 0.000001000. The van der Waals surface area contributed by atoms with Crippen LogP contribution in [0.25, 0.3) is 0 Å². The highest BCUT2D eigenvalue weighted by molar-refractivity contribution is 5.85. The molecule has 1 amide bonds. The van der Waals surface area contributed by atoms with E-state index < -0.39 is 0 Å². The van der Waals surface area contributed by atoms with E-state index in [0.717, 1.165) is 25.9 Å². The number of nitrogens with one attached hydrogen (secondary N) is 1. The molecule has 0 bridgehead atoms. The van der Waals surface area contributed by atoms with Crippen molar-refractivity contribution in [2.24, 2.45) is 11.7 Å². The molecule has 0 spiro atoms. The van der Waals surface area contributed by atoms with Crippen LogP contribution in [-0.2, 0) is 4.79 Å². The zero-order valence-electron chi connectivity index (χ0n) is 6.51. The van der Waals surface area contributed by atoms with Gasteiger partial charge in [-0.25, -0.2) is 0 Å². The van der Waals surface area contributed by atoms with E-state index in [2.05, 4.69) is 5.32 Å². The van der Waals surface area contributed by atoms with Gasteiger partial charge in [-0.15, -0.1) is 12.4 Å². The van der Waals surface area contributed by atoms with Gasteiger partial charge < -0.3 is 11.1 Å². The number of halogens is 1. The van der Waals surface area contributed by atoms with Crippen LogP contribution in [0.4, 0.5) is 0 Å². The molecule has 66 valence electrons. The Morgan fingerprint density at radius 1 is 1.45 bits per heavy atom. The third-order valence-corrected chi connectivity index (χ3v) is 1.95. The van der Waals surface area contributed by atoms with Crippen molar-refractivity contribution in [3.8, 4) is 0 Å². The third kappa shape index (κ3) is 4.22. The lowest BCUT2D eigenvalue weighted by molar-refractivity contribution is -0.119. The normalized spacial score (nSPS) is 18.9. The zero-order chi connectivity index (χ0) is 7.40. The summed E-state index contributed by atoms with van der Waals surface area (Å²) in [5, 5.41) is 3.24. The van der Waals surface area contributed by atoms with Crippen LogP contribution in [-0.4, -0.2) is 19.0 Å². The van der Waals surface area contributed by atoms with Gasteiger partial charge in [0.05, 0.1) is 0 Å². The smallest absolute Gasteiger partial charge is 0.217 e. The van der Waals surface area contributed by atoms with Gasteiger partial charge in [0.2, 0.25) is 5.91 Å². The molecule has 1 saturated heterocycles. The van der Waals surface area contributed by atoms with Crippen LogP contribution in [0.3, 0.4) is 0 Å². The molecule has 0 aromatic rings. The van der Waals surface area contributed by atoms with E-state index in [4.69, 9.17) is 5.73 Å². The quantitative estimate of drug-likeness (QED) is 0.639. The highest BCUT2D eigenvalue weighted by Crippen LogP contribution is 2.14. The van der Waals surface area contributed by atoms with Crippen molar-refractivity contribution in [1.82, 2.24) is 5.32 Å². The predicted octanol–water partition coefficient (Wildman–Crippen LogP) is 0.283. The molecular formula is C7H15ClN2O. The van der Waals surface area contributed by atoms with Crippen LogP contribution in [0.2, 0.25) is 0 Å². The van der Waals surface area contributed by atoms with E-state index in [1.54, 1.807) is 0 Å². The van der Waals surface area contributed by atoms with Gasteiger partial charge in [-0.3, -0.25) is 4.79 Å². The first kappa shape index (κ1) is 10.7. The molecule has 1 aliphatic rings. The highest BCUT2D eigenvalue weighted by Gasteiger charge is 2.14. The SMILES string of the molecule is Cl.NC(=O)CC1CCNCC1. The number of amides is 1. The third-order valence-electron chi connectivity index (χ3n) is 1.95. The summed E-state index contributed by atoms with van der Waals surface area (Å²) >= 11 is 0. The Labute approximate surface area is 73.1 Å². The van der Waals surface area contributed by atoms with Gasteiger partial charge in [0, 0.05) is 6.42 Å². The average molecular weight is 179 g/mol. The van der Waals surface area contributed by atoms with Crippen molar-refractivity contribution in [2.45, 2.75) is 19.3 Å². The van der Waals surface area contributed by atoms with Crippen LogP contribution in [0.5, 0.6) is 0 Å². The molecule has 0 radical (unpaired) electrons. The fourth-order valence-electron chi connectivity index (χ4n) is 1.37. The van der Waals surface area contributed by atoms with Crippen molar-refractivity contribution in [3.63, 3.8) is 0 Å². The number of piperidine rings is 1. The number of hydrogen-bond acceptors (Lipinski definition) is 2. The lowest BCUT2D eigenvalue weighted by Crippen LogP contribution is -2.30. The number of carbonyl (C=O) groups excluding carboxylic acids is 1. The van der Waals surface area contributed by atoms with Crippen LogP contribution < -0.4 is 11.1 Å². The van der Waals surface area contributed by atoms with E-state index in [-0.39, 0.29) is 18.3 Å². The molecule has 0 aromatic carbocycles. The first-order valence-electron chi connectivity index (χ1n) is 3.78. The highest BCUT2D eigenvalue weighted by atomic mass is 35.5. The Morgan fingerprint density at radius 3 is 2.45 bits per heavy atom. The van der Waals surface area contributed by atoms with Crippen LogP contribution in [0.15, 0.2) is 0 Å². The van der Waals surface area contributed by atoms with E-state index in [9.17, 15) is 4.79 Å². The minimum atomic E-state index is -0.160. The van der Waals surface area contributed by atoms with Gasteiger partial charge >= 0.3 is 0 Å². The van der Waals surface area contributed by atoms with Crippen LogP contribution in [0.1, 0.15) is 19.3 Å². The van der Waals surface area contributed by atoms with E-state index in [0.29, 0.717) is 12.3 Å². The molecule has 1 aliphatic heterocycles. The second-order valence-corrected chi connectivity index (χ2v) is 2.86. The van der Waals surface area contributed by atoms with Gasteiger partial charge in [-0.1, -0.05) is 0 Å². The molecule has 3 N–H and O–H groups in total. The van der Waals surface area contributed by atoms with Gasteiger partial charge in [-0.2, -0.15) is 0 Å². The molecule has 11 heavy (non-hydrogen) atoms. The fourth-order valence-corrected chi connectivity index (χ4v) is 1.37. The summed E-state index contributed by atoms with van der Waals surface area (Å²) in [6.07, 6.45) is 2.77. The number of hydrogen-bond donors (Lipinski definition) is 2. The Kier molecular flexibility index (Phi) is 5.24. The van der Waals surface area contributed by atoms with Gasteiger partial charge in [0.15, 0.2) is 0 Å². The van der Waals surface area contributed by atoms with Crippen molar-refractivity contribution in [2.75, 3.05) is 13.1 Å². The number of carbonyl (C=O) groups is 1. The molecule has 0 saturated carbocycles. The van der Waals surface area contributed by atoms with E-state index in [1.165, 1.54) is 0 Å².